The SMILES string of the molecule is COC(=O)c1ccccc1S(=O)(=O)Nc1ccc(Oc2ccc(NS(=O)(=O)c3ccccc3C(=O)OC)cc2)cc1. The van der Waals surface area contributed by atoms with Gasteiger partial charge in [0.2, 0.25) is 0 Å². The first-order valence-corrected chi connectivity index (χ1v) is 14.8. The smallest absolute Gasteiger partial charge is 0.339 e. The first-order valence-electron chi connectivity index (χ1n) is 11.8. The average Bonchev–Trinajstić information content (AvgIpc) is 2.98. The number of hydrogen-bond donors (Lipinski definition) is 2. The van der Waals surface area contributed by atoms with Crippen LogP contribution in [0.5, 0.6) is 11.5 Å². The average molecular weight is 597 g/mol. The maximum atomic E-state index is 12.9. The first-order chi connectivity index (χ1) is 19.5. The molecule has 0 aliphatic rings. The van der Waals surface area contributed by atoms with Crippen molar-refractivity contribution in [3.63, 3.8) is 0 Å². The van der Waals surface area contributed by atoms with E-state index >= 15 is 0 Å². The highest BCUT2D eigenvalue weighted by atomic mass is 32.2. The molecule has 0 spiro atoms. The quantitative estimate of drug-likeness (QED) is 0.249. The third-order valence-corrected chi connectivity index (χ3v) is 8.49. The predicted octanol–water partition coefficient (Wildman–Crippen LogP) is 4.65. The van der Waals surface area contributed by atoms with Crippen molar-refractivity contribution in [2.75, 3.05) is 23.7 Å². The van der Waals surface area contributed by atoms with Crippen LogP contribution >= 0.6 is 0 Å². The summed E-state index contributed by atoms with van der Waals surface area (Å²) in [7, 11) is -5.86. The molecule has 0 heterocycles. The molecule has 212 valence electrons. The summed E-state index contributed by atoms with van der Waals surface area (Å²) in [6.07, 6.45) is 0. The van der Waals surface area contributed by atoms with E-state index in [1.165, 1.54) is 97.1 Å². The molecular weight excluding hydrogens is 572 g/mol. The third kappa shape index (κ3) is 6.83. The maximum Gasteiger partial charge on any atom is 0.339 e. The van der Waals surface area contributed by atoms with Crippen LogP contribution < -0.4 is 14.2 Å². The van der Waals surface area contributed by atoms with Crippen LogP contribution in [0, 0.1) is 0 Å². The van der Waals surface area contributed by atoms with E-state index in [1.807, 2.05) is 0 Å². The minimum absolute atomic E-state index is 0.0964. The Balaban J connectivity index is 1.43. The maximum absolute atomic E-state index is 12.9. The monoisotopic (exact) mass is 596 g/mol. The summed E-state index contributed by atoms with van der Waals surface area (Å²) >= 11 is 0. The summed E-state index contributed by atoms with van der Waals surface area (Å²) in [4.78, 5) is 23.5. The second-order valence-corrected chi connectivity index (χ2v) is 11.6. The fourth-order valence-electron chi connectivity index (χ4n) is 3.70. The summed E-state index contributed by atoms with van der Waals surface area (Å²) in [5.74, 6) is -0.800. The van der Waals surface area contributed by atoms with Crippen LogP contribution in [0.3, 0.4) is 0 Å². The Kier molecular flexibility index (Phi) is 8.59. The van der Waals surface area contributed by atoms with Crippen molar-refractivity contribution in [3.8, 4) is 11.5 Å². The van der Waals surface area contributed by atoms with Crippen molar-refractivity contribution < 1.29 is 40.6 Å². The lowest BCUT2D eigenvalue weighted by atomic mass is 10.2. The minimum atomic E-state index is -4.09. The van der Waals surface area contributed by atoms with E-state index in [2.05, 4.69) is 18.9 Å². The third-order valence-electron chi connectivity index (χ3n) is 5.61. The Morgan fingerprint density at radius 2 is 0.878 bits per heavy atom. The number of sulfonamides is 2. The lowest BCUT2D eigenvalue weighted by Gasteiger charge is -2.13. The highest BCUT2D eigenvalue weighted by Gasteiger charge is 2.24. The normalized spacial score (nSPS) is 11.3. The van der Waals surface area contributed by atoms with E-state index in [-0.39, 0.29) is 32.3 Å². The van der Waals surface area contributed by atoms with E-state index in [0.29, 0.717) is 11.5 Å². The summed E-state index contributed by atoms with van der Waals surface area (Å²) in [6.45, 7) is 0. The van der Waals surface area contributed by atoms with Crippen molar-refractivity contribution in [3.05, 3.63) is 108 Å². The molecule has 4 rings (SSSR count). The molecule has 0 aliphatic heterocycles. The van der Waals surface area contributed by atoms with E-state index in [1.54, 1.807) is 0 Å². The number of ether oxygens (including phenoxy) is 3. The van der Waals surface area contributed by atoms with Gasteiger partial charge in [-0.15, -0.1) is 0 Å². The highest BCUT2D eigenvalue weighted by Crippen LogP contribution is 2.27. The molecule has 0 radical (unpaired) electrons. The molecule has 0 fully saturated rings. The van der Waals surface area contributed by atoms with Crippen LogP contribution in [0.1, 0.15) is 20.7 Å². The molecule has 0 unspecified atom stereocenters. The number of benzene rings is 4. The summed E-state index contributed by atoms with van der Waals surface area (Å²) < 4.78 is 71.5. The molecule has 0 aliphatic carbocycles. The number of carbonyl (C=O) groups excluding carboxylic acids is 2. The van der Waals surface area contributed by atoms with Gasteiger partial charge in [-0.2, -0.15) is 0 Å². The molecule has 2 N–H and O–H groups in total. The fourth-order valence-corrected chi connectivity index (χ4v) is 6.21. The van der Waals surface area contributed by atoms with Crippen molar-refractivity contribution in [1.82, 2.24) is 0 Å². The van der Waals surface area contributed by atoms with Crippen molar-refractivity contribution in [2.24, 2.45) is 0 Å². The largest absolute Gasteiger partial charge is 0.465 e. The number of anilines is 2. The van der Waals surface area contributed by atoms with Crippen LogP contribution in [0.25, 0.3) is 0 Å². The van der Waals surface area contributed by atoms with Crippen LogP contribution in [-0.2, 0) is 29.5 Å². The lowest BCUT2D eigenvalue weighted by Crippen LogP contribution is -2.17. The molecule has 11 nitrogen and oxygen atoms in total. The Hall–Kier alpha value is -4.88. The van der Waals surface area contributed by atoms with Gasteiger partial charge in [-0.25, -0.2) is 26.4 Å². The van der Waals surface area contributed by atoms with Gasteiger partial charge in [-0.05, 0) is 72.8 Å². The van der Waals surface area contributed by atoms with Gasteiger partial charge in [0.25, 0.3) is 20.0 Å². The molecule has 0 aromatic heterocycles. The van der Waals surface area contributed by atoms with Gasteiger partial charge in [0.15, 0.2) is 0 Å². The molecular formula is C28H24N2O9S2. The second-order valence-electron chi connectivity index (χ2n) is 8.34. The zero-order chi connectivity index (χ0) is 29.6. The van der Waals surface area contributed by atoms with E-state index in [9.17, 15) is 26.4 Å². The molecule has 0 bridgehead atoms. The number of hydrogen-bond acceptors (Lipinski definition) is 9. The van der Waals surface area contributed by atoms with Crippen molar-refractivity contribution in [1.29, 1.82) is 0 Å². The lowest BCUT2D eigenvalue weighted by molar-refractivity contribution is 0.0587. The number of esters is 2. The van der Waals surface area contributed by atoms with Crippen LogP contribution in [-0.4, -0.2) is 43.0 Å². The van der Waals surface area contributed by atoms with Gasteiger partial charge in [-0.1, -0.05) is 24.3 Å². The molecule has 0 saturated heterocycles. The van der Waals surface area contributed by atoms with Crippen LogP contribution in [0.2, 0.25) is 0 Å². The summed E-state index contributed by atoms with van der Waals surface area (Å²) in [5, 5.41) is 0. The minimum Gasteiger partial charge on any atom is -0.465 e. The number of nitrogens with one attached hydrogen (secondary N) is 2. The van der Waals surface area contributed by atoms with E-state index in [4.69, 9.17) is 4.74 Å². The molecule has 4 aromatic carbocycles. The second kappa shape index (κ2) is 12.1. The topological polar surface area (TPSA) is 154 Å². The van der Waals surface area contributed by atoms with Crippen molar-refractivity contribution in [2.45, 2.75) is 9.79 Å². The number of rotatable bonds is 10. The standard InChI is InChI=1S/C28H24N2O9S2/c1-37-27(31)23-7-3-5-9-25(23)40(33,34)29-19-11-15-21(16-12-19)39-22-17-13-20(14-18-22)30-41(35,36)26-10-6-4-8-24(26)28(32)38-2/h3-18,29-30H,1-2H3. The molecule has 13 heteroatoms. The summed E-state index contributed by atoms with van der Waals surface area (Å²) in [5.41, 5.74) is 0.268. The van der Waals surface area contributed by atoms with Crippen LogP contribution in [0.15, 0.2) is 107 Å². The Labute approximate surface area is 236 Å². The van der Waals surface area contributed by atoms with E-state index < -0.39 is 32.0 Å². The summed E-state index contributed by atoms with van der Waals surface area (Å²) in [6, 6.07) is 23.4. The van der Waals surface area contributed by atoms with Gasteiger partial charge < -0.3 is 14.2 Å². The Bertz CT molecular complexity index is 1650. The molecule has 0 atom stereocenters. The van der Waals surface area contributed by atoms with Gasteiger partial charge in [0, 0.05) is 11.4 Å². The predicted molar refractivity (Wildman–Crippen MR) is 150 cm³/mol. The molecule has 0 saturated carbocycles. The zero-order valence-corrected chi connectivity index (χ0v) is 23.4. The molecule has 0 amide bonds. The first kappa shape index (κ1) is 29.1. The fraction of sp³-hybridized carbons (Fsp3) is 0.0714. The van der Waals surface area contributed by atoms with Crippen molar-refractivity contribution >= 4 is 43.4 Å². The van der Waals surface area contributed by atoms with Gasteiger partial charge in [-0.3, -0.25) is 9.44 Å². The molecule has 4 aromatic rings. The molecule has 41 heavy (non-hydrogen) atoms. The van der Waals surface area contributed by atoms with Crippen LogP contribution in [0.4, 0.5) is 11.4 Å². The number of methoxy groups -OCH3 is 2. The highest BCUT2D eigenvalue weighted by molar-refractivity contribution is 7.93. The van der Waals surface area contributed by atoms with Gasteiger partial charge in [0.05, 0.1) is 25.3 Å². The Morgan fingerprint density at radius 3 is 1.22 bits per heavy atom. The Morgan fingerprint density at radius 1 is 0.537 bits per heavy atom. The zero-order valence-electron chi connectivity index (χ0n) is 21.7. The van der Waals surface area contributed by atoms with E-state index in [0.717, 1.165) is 14.2 Å². The van der Waals surface area contributed by atoms with Gasteiger partial charge >= 0.3 is 11.9 Å². The number of carbonyl (C=O) groups is 2. The van der Waals surface area contributed by atoms with Gasteiger partial charge in [0.1, 0.15) is 21.3 Å².